The molecule has 0 aromatic rings. The Bertz CT molecular complexity index is 402. The van der Waals surface area contributed by atoms with Crippen molar-refractivity contribution in [1.29, 1.82) is 5.26 Å². The summed E-state index contributed by atoms with van der Waals surface area (Å²) < 4.78 is 5.45. The maximum atomic E-state index is 12.0. The van der Waals surface area contributed by atoms with E-state index in [1.54, 1.807) is 6.20 Å². The lowest BCUT2D eigenvalue weighted by Crippen LogP contribution is -2.42. The minimum atomic E-state index is -0.304. The number of hydrogen-bond donors (Lipinski definition) is 1. The molecule has 1 atom stereocenters. The van der Waals surface area contributed by atoms with E-state index in [2.05, 4.69) is 17.3 Å². The predicted octanol–water partition coefficient (Wildman–Crippen LogP) is -0.0635. The van der Waals surface area contributed by atoms with Crippen molar-refractivity contribution in [2.45, 2.75) is 18.9 Å². The Hall–Kier alpha value is -1.58. The number of likely N-dealkylation sites (N-methyl/N-ethyl adjacent to an activating group) is 1. The topological polar surface area (TPSA) is 68.6 Å². The predicted molar refractivity (Wildman–Crippen MR) is 74.7 cm³/mol. The zero-order valence-electron chi connectivity index (χ0n) is 12.0. The normalized spacial score (nSPS) is 24.5. The van der Waals surface area contributed by atoms with Crippen LogP contribution in [0, 0.1) is 11.3 Å². The summed E-state index contributed by atoms with van der Waals surface area (Å²) in [6.07, 6.45) is 3.80. The van der Waals surface area contributed by atoms with Gasteiger partial charge in [0.15, 0.2) is 0 Å². The molecule has 0 spiro atoms. The second-order valence-corrected chi connectivity index (χ2v) is 5.34. The van der Waals surface area contributed by atoms with Gasteiger partial charge in [-0.05, 0) is 19.9 Å². The van der Waals surface area contributed by atoms with Gasteiger partial charge in [-0.25, -0.2) is 0 Å². The van der Waals surface area contributed by atoms with Gasteiger partial charge in [0, 0.05) is 45.5 Å². The standard InChI is InChI=1S/C14H22N4O2/c1-17-4-6-18(7-5-17)11-12(9-15)14(19)16-10-13-3-2-8-20-13/h11,13H,2-8,10H2,1H3,(H,16,19)/b12-11-. The molecule has 2 aliphatic heterocycles. The number of nitrogens with zero attached hydrogens (tertiary/aromatic N) is 3. The molecule has 1 unspecified atom stereocenters. The highest BCUT2D eigenvalue weighted by molar-refractivity contribution is 5.97. The Morgan fingerprint density at radius 2 is 2.20 bits per heavy atom. The summed E-state index contributed by atoms with van der Waals surface area (Å²) in [7, 11) is 2.07. The first kappa shape index (κ1) is 14.8. The van der Waals surface area contributed by atoms with Crippen LogP contribution in [-0.4, -0.2) is 68.2 Å². The fourth-order valence-electron chi connectivity index (χ4n) is 2.38. The lowest BCUT2D eigenvalue weighted by atomic mass is 10.2. The first-order valence-electron chi connectivity index (χ1n) is 7.13. The van der Waals surface area contributed by atoms with E-state index < -0.39 is 0 Å². The smallest absolute Gasteiger partial charge is 0.263 e. The average Bonchev–Trinajstić information content (AvgIpc) is 2.97. The van der Waals surface area contributed by atoms with E-state index in [9.17, 15) is 4.79 Å². The highest BCUT2D eigenvalue weighted by Crippen LogP contribution is 2.11. The summed E-state index contributed by atoms with van der Waals surface area (Å²) in [5.74, 6) is -0.304. The number of amides is 1. The Morgan fingerprint density at radius 3 is 2.80 bits per heavy atom. The van der Waals surface area contributed by atoms with E-state index in [-0.39, 0.29) is 17.6 Å². The highest BCUT2D eigenvalue weighted by atomic mass is 16.5. The molecule has 6 heteroatoms. The number of rotatable bonds is 4. The maximum absolute atomic E-state index is 12.0. The van der Waals surface area contributed by atoms with Gasteiger partial charge >= 0.3 is 0 Å². The van der Waals surface area contributed by atoms with Crippen molar-refractivity contribution in [3.63, 3.8) is 0 Å². The highest BCUT2D eigenvalue weighted by Gasteiger charge is 2.18. The minimum Gasteiger partial charge on any atom is -0.376 e. The van der Waals surface area contributed by atoms with Gasteiger partial charge in [-0.1, -0.05) is 0 Å². The van der Waals surface area contributed by atoms with Crippen LogP contribution < -0.4 is 5.32 Å². The van der Waals surface area contributed by atoms with Crippen LogP contribution in [0.1, 0.15) is 12.8 Å². The van der Waals surface area contributed by atoms with Gasteiger partial charge in [0.2, 0.25) is 0 Å². The van der Waals surface area contributed by atoms with Gasteiger partial charge in [0.25, 0.3) is 5.91 Å². The van der Waals surface area contributed by atoms with E-state index in [1.807, 2.05) is 11.0 Å². The van der Waals surface area contributed by atoms with Crippen LogP contribution in [0.4, 0.5) is 0 Å². The molecule has 0 aromatic carbocycles. The van der Waals surface area contributed by atoms with Gasteiger partial charge in [-0.15, -0.1) is 0 Å². The van der Waals surface area contributed by atoms with Crippen LogP contribution >= 0.6 is 0 Å². The molecule has 0 aromatic heterocycles. The largest absolute Gasteiger partial charge is 0.376 e. The molecule has 2 heterocycles. The van der Waals surface area contributed by atoms with Crippen LogP contribution in [0.15, 0.2) is 11.8 Å². The first-order valence-corrected chi connectivity index (χ1v) is 7.13. The summed E-state index contributed by atoms with van der Waals surface area (Å²) in [5.41, 5.74) is 0.174. The molecule has 2 saturated heterocycles. The molecule has 6 nitrogen and oxygen atoms in total. The maximum Gasteiger partial charge on any atom is 0.263 e. The summed E-state index contributed by atoms with van der Waals surface area (Å²) in [6.45, 7) is 4.85. The van der Waals surface area contributed by atoms with Crippen molar-refractivity contribution in [3.05, 3.63) is 11.8 Å². The summed E-state index contributed by atoms with van der Waals surface area (Å²) in [6, 6.07) is 1.99. The molecule has 0 bridgehead atoms. The number of hydrogen-bond acceptors (Lipinski definition) is 5. The molecule has 1 amide bonds. The van der Waals surface area contributed by atoms with Gasteiger partial charge < -0.3 is 19.9 Å². The van der Waals surface area contributed by atoms with E-state index in [4.69, 9.17) is 10.00 Å². The van der Waals surface area contributed by atoms with E-state index in [0.717, 1.165) is 45.6 Å². The molecule has 0 saturated carbocycles. The number of piperazine rings is 1. The van der Waals surface area contributed by atoms with E-state index in [0.29, 0.717) is 6.54 Å². The minimum absolute atomic E-state index is 0.0996. The fraction of sp³-hybridized carbons (Fsp3) is 0.714. The number of nitrogens with one attached hydrogen (secondary N) is 1. The number of carbonyl (C=O) groups is 1. The summed E-state index contributed by atoms with van der Waals surface area (Å²) in [4.78, 5) is 16.2. The fourth-order valence-corrected chi connectivity index (χ4v) is 2.38. The van der Waals surface area contributed by atoms with Crippen molar-refractivity contribution in [2.24, 2.45) is 0 Å². The van der Waals surface area contributed by atoms with Crippen molar-refractivity contribution in [1.82, 2.24) is 15.1 Å². The molecule has 20 heavy (non-hydrogen) atoms. The van der Waals surface area contributed by atoms with Gasteiger partial charge in [0.05, 0.1) is 6.10 Å². The molecule has 0 aliphatic carbocycles. The SMILES string of the molecule is CN1CCN(/C=C(/C#N)C(=O)NCC2CCCO2)CC1. The number of ether oxygens (including phenoxy) is 1. The Balaban J connectivity index is 1.83. The lowest BCUT2D eigenvalue weighted by Gasteiger charge is -2.31. The van der Waals surface area contributed by atoms with Gasteiger partial charge in [-0.2, -0.15) is 5.26 Å². The van der Waals surface area contributed by atoms with Crippen LogP contribution in [0.25, 0.3) is 0 Å². The van der Waals surface area contributed by atoms with Crippen molar-refractivity contribution in [2.75, 3.05) is 46.4 Å². The molecule has 0 radical (unpaired) electrons. The number of carbonyl (C=O) groups excluding carboxylic acids is 1. The van der Waals surface area contributed by atoms with Gasteiger partial charge in [0.1, 0.15) is 11.6 Å². The molecular weight excluding hydrogens is 256 g/mol. The van der Waals surface area contributed by atoms with Gasteiger partial charge in [-0.3, -0.25) is 4.79 Å². The Labute approximate surface area is 120 Å². The van der Waals surface area contributed by atoms with Crippen LogP contribution in [-0.2, 0) is 9.53 Å². The van der Waals surface area contributed by atoms with Crippen LogP contribution in [0.5, 0.6) is 0 Å². The summed E-state index contributed by atoms with van der Waals surface area (Å²) >= 11 is 0. The monoisotopic (exact) mass is 278 g/mol. The third kappa shape index (κ3) is 4.22. The Morgan fingerprint density at radius 1 is 1.45 bits per heavy atom. The average molecular weight is 278 g/mol. The van der Waals surface area contributed by atoms with E-state index in [1.165, 1.54) is 0 Å². The zero-order valence-corrected chi connectivity index (χ0v) is 12.0. The van der Waals surface area contributed by atoms with Crippen LogP contribution in [0.3, 0.4) is 0 Å². The second kappa shape index (κ2) is 7.27. The molecule has 110 valence electrons. The number of nitriles is 1. The first-order chi connectivity index (χ1) is 9.69. The van der Waals surface area contributed by atoms with Crippen molar-refractivity contribution in [3.8, 4) is 6.07 Å². The lowest BCUT2D eigenvalue weighted by molar-refractivity contribution is -0.117. The van der Waals surface area contributed by atoms with Crippen molar-refractivity contribution < 1.29 is 9.53 Å². The second-order valence-electron chi connectivity index (χ2n) is 5.34. The van der Waals surface area contributed by atoms with Crippen molar-refractivity contribution >= 4 is 5.91 Å². The Kier molecular flexibility index (Phi) is 5.39. The third-order valence-corrected chi connectivity index (χ3v) is 3.73. The molecule has 2 rings (SSSR count). The third-order valence-electron chi connectivity index (χ3n) is 3.73. The quantitative estimate of drug-likeness (QED) is 0.576. The molecule has 2 fully saturated rings. The summed E-state index contributed by atoms with van der Waals surface area (Å²) in [5, 5.41) is 11.9. The van der Waals surface area contributed by atoms with Crippen LogP contribution in [0.2, 0.25) is 0 Å². The molecule has 1 N–H and O–H groups in total. The molecular formula is C14H22N4O2. The molecule has 2 aliphatic rings. The zero-order chi connectivity index (χ0) is 14.4. The van der Waals surface area contributed by atoms with E-state index >= 15 is 0 Å².